The number of alkyl halides is 3. The van der Waals surface area contributed by atoms with Gasteiger partial charge in [-0.1, -0.05) is 30.1 Å². The number of nitrogens with two attached hydrogens (primary N) is 1. The zero-order valence-electron chi connectivity index (χ0n) is 18.8. The first-order chi connectivity index (χ1) is 15.6. The zero-order valence-corrected chi connectivity index (χ0v) is 19.7. The molecular formula is C23H28F3N5OS. The molecule has 1 aromatic heterocycles. The van der Waals surface area contributed by atoms with Crippen LogP contribution in [0.25, 0.3) is 0 Å². The first-order valence-corrected chi connectivity index (χ1v) is 11.3. The molecular weight excluding hydrogens is 451 g/mol. The van der Waals surface area contributed by atoms with E-state index < -0.39 is 11.7 Å². The summed E-state index contributed by atoms with van der Waals surface area (Å²) in [5.74, 6) is 0.248. The normalized spacial score (nSPS) is 12.8. The molecule has 0 saturated heterocycles. The average Bonchev–Trinajstić information content (AvgIpc) is 2.79. The molecule has 1 amide bonds. The van der Waals surface area contributed by atoms with Crippen molar-refractivity contribution in [3.05, 3.63) is 71.3 Å². The van der Waals surface area contributed by atoms with Crippen molar-refractivity contribution < 1.29 is 18.0 Å². The van der Waals surface area contributed by atoms with Gasteiger partial charge in [-0.2, -0.15) is 13.2 Å². The number of aromatic nitrogens is 1. The predicted octanol–water partition coefficient (Wildman–Crippen LogP) is 5.01. The summed E-state index contributed by atoms with van der Waals surface area (Å²) < 4.78 is 40.5. The number of pyridine rings is 1. The monoisotopic (exact) mass is 479 g/mol. The summed E-state index contributed by atoms with van der Waals surface area (Å²) >= 11 is 1.36. The van der Waals surface area contributed by atoms with Crippen molar-refractivity contribution in [1.29, 1.82) is 0 Å². The van der Waals surface area contributed by atoms with Crippen LogP contribution in [0, 0.1) is 0 Å². The molecule has 0 aliphatic heterocycles. The number of nitrogens with zero attached hydrogens (tertiary/aromatic N) is 4. The molecule has 6 nitrogen and oxygen atoms in total. The van der Waals surface area contributed by atoms with Crippen LogP contribution in [0.15, 0.2) is 65.2 Å². The molecule has 2 N–H and O–H groups in total. The molecule has 0 aliphatic carbocycles. The third-order valence-electron chi connectivity index (χ3n) is 4.64. The van der Waals surface area contributed by atoms with Crippen molar-refractivity contribution in [3.63, 3.8) is 0 Å². The van der Waals surface area contributed by atoms with Gasteiger partial charge in [0, 0.05) is 37.2 Å². The van der Waals surface area contributed by atoms with Crippen molar-refractivity contribution in [2.24, 2.45) is 10.7 Å². The Morgan fingerprint density at radius 1 is 1.27 bits per heavy atom. The molecule has 2 aromatic rings. The molecule has 0 bridgehead atoms. The van der Waals surface area contributed by atoms with E-state index in [1.807, 2.05) is 11.2 Å². The number of allylic oxidation sites excluding steroid dienone is 2. The van der Waals surface area contributed by atoms with Gasteiger partial charge in [0.1, 0.15) is 0 Å². The fourth-order valence-electron chi connectivity index (χ4n) is 2.91. The second kappa shape index (κ2) is 12.4. The van der Waals surface area contributed by atoms with Gasteiger partial charge in [0.05, 0.1) is 29.4 Å². The van der Waals surface area contributed by atoms with Crippen molar-refractivity contribution >= 4 is 29.8 Å². The van der Waals surface area contributed by atoms with Crippen LogP contribution in [0.2, 0.25) is 0 Å². The lowest BCUT2D eigenvalue weighted by Crippen LogP contribution is -2.34. The van der Waals surface area contributed by atoms with E-state index >= 15 is 0 Å². The third kappa shape index (κ3) is 8.54. The van der Waals surface area contributed by atoms with Crippen LogP contribution in [0.3, 0.4) is 0 Å². The quantitative estimate of drug-likeness (QED) is 0.383. The molecule has 0 unspecified atom stereocenters. The van der Waals surface area contributed by atoms with Crippen molar-refractivity contribution in [2.45, 2.75) is 32.2 Å². The first-order valence-electron chi connectivity index (χ1n) is 10.3. The molecule has 33 heavy (non-hydrogen) atoms. The van der Waals surface area contributed by atoms with E-state index in [2.05, 4.69) is 9.98 Å². The molecule has 0 spiro atoms. The minimum absolute atomic E-state index is 0.124. The minimum Gasteiger partial charge on any atom is -0.401 e. The smallest absolute Gasteiger partial charge is 0.401 e. The first kappa shape index (κ1) is 26.4. The maximum absolute atomic E-state index is 12.9. The minimum atomic E-state index is -4.37. The Hall–Kier alpha value is -2.85. The molecule has 178 valence electrons. The van der Waals surface area contributed by atoms with E-state index in [9.17, 15) is 18.0 Å². The third-order valence-corrected chi connectivity index (χ3v) is 5.73. The van der Waals surface area contributed by atoms with Gasteiger partial charge in [-0.15, -0.1) is 0 Å². The summed E-state index contributed by atoms with van der Waals surface area (Å²) in [7, 11) is 1.80. The lowest BCUT2D eigenvalue weighted by atomic mass is 10.1. The van der Waals surface area contributed by atoms with E-state index in [1.165, 1.54) is 18.0 Å². The number of aliphatic imine (C=N–C) groups is 1. The van der Waals surface area contributed by atoms with Gasteiger partial charge in [0.15, 0.2) is 0 Å². The van der Waals surface area contributed by atoms with E-state index in [4.69, 9.17) is 5.73 Å². The summed E-state index contributed by atoms with van der Waals surface area (Å²) in [4.78, 5) is 22.8. The van der Waals surface area contributed by atoms with Crippen LogP contribution in [0.4, 0.5) is 18.9 Å². The Bertz CT molecular complexity index is 976. The molecule has 10 heteroatoms. The van der Waals surface area contributed by atoms with Crippen LogP contribution in [0.1, 0.15) is 31.4 Å². The largest absolute Gasteiger partial charge is 0.416 e. The Balaban J connectivity index is 1.94. The van der Waals surface area contributed by atoms with Gasteiger partial charge in [-0.05, 0) is 44.7 Å². The van der Waals surface area contributed by atoms with Gasteiger partial charge >= 0.3 is 6.18 Å². The highest BCUT2D eigenvalue weighted by Gasteiger charge is 2.30. The number of hydrogen-bond acceptors (Lipinski definition) is 6. The Labute approximate surface area is 196 Å². The summed E-state index contributed by atoms with van der Waals surface area (Å²) in [5, 5.41) is 0. The summed E-state index contributed by atoms with van der Waals surface area (Å²) in [6.07, 6.45) is 0.661. The second-order valence-corrected chi connectivity index (χ2v) is 8.42. The number of hydrogen-bond donors (Lipinski definition) is 1. The van der Waals surface area contributed by atoms with Crippen LogP contribution >= 0.6 is 11.9 Å². The Morgan fingerprint density at radius 3 is 2.64 bits per heavy atom. The van der Waals surface area contributed by atoms with Crippen LogP contribution < -0.4 is 5.73 Å². The highest BCUT2D eigenvalue weighted by molar-refractivity contribution is 7.96. The van der Waals surface area contributed by atoms with Gasteiger partial charge in [-0.3, -0.25) is 19.1 Å². The highest BCUT2D eigenvalue weighted by Crippen LogP contribution is 2.30. The summed E-state index contributed by atoms with van der Waals surface area (Å²) in [6, 6.07) is 8.81. The standard InChI is InChI=1S/C23H28F3N5OS/c1-4-31(21(17(2)27)15-29-20-9-6-11-28-14-20)22(32)10-12-30(3)33-16-18-7-5-8-19(13-18)23(24,25)26/h5-9,11,13-15H,4,10,12,16,27H2,1-3H3/b21-17+,29-15?. The van der Waals surface area contributed by atoms with Gasteiger partial charge in [0.25, 0.3) is 0 Å². The molecule has 0 saturated carbocycles. The van der Waals surface area contributed by atoms with Crippen LogP contribution in [-0.2, 0) is 16.7 Å². The number of halogens is 3. The lowest BCUT2D eigenvalue weighted by Gasteiger charge is -2.24. The fraction of sp³-hybridized carbons (Fsp3) is 0.348. The summed E-state index contributed by atoms with van der Waals surface area (Å²) in [6.45, 7) is 4.40. The predicted molar refractivity (Wildman–Crippen MR) is 127 cm³/mol. The van der Waals surface area contributed by atoms with Gasteiger partial charge < -0.3 is 10.6 Å². The van der Waals surface area contributed by atoms with Crippen LogP contribution in [-0.4, -0.2) is 46.4 Å². The highest BCUT2D eigenvalue weighted by atomic mass is 32.2. The van der Waals surface area contributed by atoms with E-state index in [-0.39, 0.29) is 12.3 Å². The van der Waals surface area contributed by atoms with Crippen molar-refractivity contribution in [3.8, 4) is 0 Å². The number of carbonyl (C=O) groups is 1. The SMILES string of the molecule is CCN(C(=O)CCN(C)SCc1cccc(C(F)(F)F)c1)/C(C=Nc1cccnc1)=C(\C)N. The number of rotatable bonds is 10. The maximum Gasteiger partial charge on any atom is 0.416 e. The number of carbonyl (C=O) groups excluding carboxylic acids is 1. The molecule has 0 radical (unpaired) electrons. The fourth-order valence-corrected chi connectivity index (χ4v) is 3.68. The molecule has 0 fully saturated rings. The Kier molecular flexibility index (Phi) is 9.93. The van der Waals surface area contributed by atoms with Gasteiger partial charge in [0.2, 0.25) is 5.91 Å². The molecule has 0 aliphatic rings. The summed E-state index contributed by atoms with van der Waals surface area (Å²) in [5.41, 5.74) is 7.54. The molecule has 2 rings (SSSR count). The van der Waals surface area contributed by atoms with E-state index in [0.29, 0.717) is 41.5 Å². The zero-order chi connectivity index (χ0) is 24.4. The Morgan fingerprint density at radius 2 is 2.03 bits per heavy atom. The molecule has 0 atom stereocenters. The van der Waals surface area contributed by atoms with E-state index in [0.717, 1.165) is 12.1 Å². The molecule has 1 aromatic carbocycles. The lowest BCUT2D eigenvalue weighted by molar-refractivity contribution is -0.137. The van der Waals surface area contributed by atoms with Crippen LogP contribution in [0.5, 0.6) is 0 Å². The maximum atomic E-state index is 12.9. The van der Waals surface area contributed by atoms with Crippen molar-refractivity contribution in [2.75, 3.05) is 20.1 Å². The topological polar surface area (TPSA) is 74.8 Å². The molecule has 1 heterocycles. The van der Waals surface area contributed by atoms with Gasteiger partial charge in [-0.25, -0.2) is 0 Å². The average molecular weight is 480 g/mol. The second-order valence-electron chi connectivity index (χ2n) is 7.25. The van der Waals surface area contributed by atoms with E-state index in [1.54, 1.807) is 55.7 Å². The number of benzene rings is 1. The van der Waals surface area contributed by atoms with Crippen molar-refractivity contribution in [1.82, 2.24) is 14.2 Å². The number of amides is 1.